The fourth-order valence-corrected chi connectivity index (χ4v) is 2.67. The van der Waals surface area contributed by atoms with Crippen LogP contribution in [0.5, 0.6) is 0 Å². The molecule has 0 aliphatic carbocycles. The zero-order valence-corrected chi connectivity index (χ0v) is 14.8. The van der Waals surface area contributed by atoms with E-state index in [2.05, 4.69) is 15.3 Å². The van der Waals surface area contributed by atoms with Gasteiger partial charge >= 0.3 is 0 Å². The van der Waals surface area contributed by atoms with Crippen LogP contribution in [0.1, 0.15) is 10.4 Å². The standard InChI is InChI=1S/C17H10Cl3N3O2/c18-10-3-1-9(2-4-10)15-21-8-12(17(25)23-15)16(24)22-14-6-5-11(19)7-13(14)20/h1-8H,(H,22,24)(H,21,23,25). The van der Waals surface area contributed by atoms with E-state index >= 15 is 0 Å². The van der Waals surface area contributed by atoms with Crippen LogP contribution in [0.4, 0.5) is 5.69 Å². The number of halogens is 3. The number of aromatic amines is 1. The van der Waals surface area contributed by atoms with Gasteiger partial charge in [0, 0.05) is 21.8 Å². The van der Waals surface area contributed by atoms with Crippen molar-refractivity contribution in [2.75, 3.05) is 5.32 Å². The van der Waals surface area contributed by atoms with Gasteiger partial charge in [-0.05, 0) is 42.5 Å². The molecule has 1 amide bonds. The topological polar surface area (TPSA) is 74.8 Å². The third kappa shape index (κ3) is 4.02. The fourth-order valence-electron chi connectivity index (χ4n) is 2.09. The Balaban J connectivity index is 1.86. The van der Waals surface area contributed by atoms with Crippen molar-refractivity contribution < 1.29 is 4.79 Å². The number of nitrogens with one attached hydrogen (secondary N) is 2. The Bertz CT molecular complexity index is 1000. The summed E-state index contributed by atoms with van der Waals surface area (Å²) in [5.74, 6) is -0.289. The molecule has 0 saturated heterocycles. The van der Waals surface area contributed by atoms with Crippen molar-refractivity contribution in [1.82, 2.24) is 9.97 Å². The van der Waals surface area contributed by atoms with Gasteiger partial charge in [0.1, 0.15) is 11.4 Å². The summed E-state index contributed by atoms with van der Waals surface area (Å²) in [4.78, 5) is 31.2. The maximum atomic E-state index is 12.3. The predicted octanol–water partition coefficient (Wildman–Crippen LogP) is 4.65. The monoisotopic (exact) mass is 393 g/mol. The maximum Gasteiger partial charge on any atom is 0.264 e. The summed E-state index contributed by atoms with van der Waals surface area (Å²) in [6.45, 7) is 0. The van der Waals surface area contributed by atoms with Crippen molar-refractivity contribution in [3.63, 3.8) is 0 Å². The number of carbonyl (C=O) groups is 1. The van der Waals surface area contributed by atoms with E-state index < -0.39 is 11.5 Å². The van der Waals surface area contributed by atoms with Crippen LogP contribution in [0.25, 0.3) is 11.4 Å². The lowest BCUT2D eigenvalue weighted by atomic mass is 10.2. The second kappa shape index (κ2) is 7.27. The Hall–Kier alpha value is -2.34. The molecule has 25 heavy (non-hydrogen) atoms. The molecule has 1 aromatic heterocycles. The second-order valence-electron chi connectivity index (χ2n) is 5.06. The smallest absolute Gasteiger partial charge is 0.264 e. The molecule has 0 radical (unpaired) electrons. The van der Waals surface area contributed by atoms with Crippen LogP contribution in [0.3, 0.4) is 0 Å². The van der Waals surface area contributed by atoms with E-state index in [9.17, 15) is 9.59 Å². The van der Waals surface area contributed by atoms with Gasteiger partial charge in [0.2, 0.25) is 0 Å². The van der Waals surface area contributed by atoms with Crippen LogP contribution >= 0.6 is 34.8 Å². The van der Waals surface area contributed by atoms with Crippen LogP contribution in [-0.2, 0) is 0 Å². The van der Waals surface area contributed by atoms with Crippen molar-refractivity contribution in [2.24, 2.45) is 0 Å². The summed E-state index contributed by atoms with van der Waals surface area (Å²) in [6, 6.07) is 11.4. The molecule has 126 valence electrons. The van der Waals surface area contributed by atoms with Gasteiger partial charge in [-0.2, -0.15) is 0 Å². The Morgan fingerprint density at radius 1 is 1.00 bits per heavy atom. The third-order valence-corrected chi connectivity index (χ3v) is 4.14. The number of rotatable bonds is 3. The van der Waals surface area contributed by atoms with Crippen LogP contribution in [-0.4, -0.2) is 15.9 Å². The number of anilines is 1. The number of nitrogens with zero attached hydrogens (tertiary/aromatic N) is 1. The number of hydrogen-bond donors (Lipinski definition) is 2. The number of carbonyl (C=O) groups excluding carboxylic acids is 1. The van der Waals surface area contributed by atoms with Crippen LogP contribution in [0, 0.1) is 0 Å². The van der Waals surface area contributed by atoms with E-state index in [1.807, 2.05) is 0 Å². The largest absolute Gasteiger partial charge is 0.320 e. The van der Waals surface area contributed by atoms with Crippen LogP contribution in [0.2, 0.25) is 15.1 Å². The van der Waals surface area contributed by atoms with Crippen molar-refractivity contribution in [3.05, 3.63) is 79.6 Å². The van der Waals surface area contributed by atoms with E-state index in [0.29, 0.717) is 27.1 Å². The predicted molar refractivity (Wildman–Crippen MR) is 99.7 cm³/mol. The number of benzene rings is 2. The van der Waals surface area contributed by atoms with Gasteiger partial charge in [-0.1, -0.05) is 34.8 Å². The van der Waals surface area contributed by atoms with E-state index in [4.69, 9.17) is 34.8 Å². The summed E-state index contributed by atoms with van der Waals surface area (Å²) in [7, 11) is 0. The van der Waals surface area contributed by atoms with Crippen molar-refractivity contribution >= 4 is 46.4 Å². The van der Waals surface area contributed by atoms with Gasteiger partial charge < -0.3 is 10.3 Å². The maximum absolute atomic E-state index is 12.3. The van der Waals surface area contributed by atoms with Gasteiger partial charge in [-0.3, -0.25) is 9.59 Å². The molecular weight excluding hydrogens is 385 g/mol. The molecular formula is C17H10Cl3N3O2. The molecule has 2 N–H and O–H groups in total. The van der Waals surface area contributed by atoms with E-state index in [0.717, 1.165) is 0 Å². The number of H-pyrrole nitrogens is 1. The van der Waals surface area contributed by atoms with Crippen molar-refractivity contribution in [2.45, 2.75) is 0 Å². The first-order chi connectivity index (χ1) is 11.9. The highest BCUT2D eigenvalue weighted by Gasteiger charge is 2.14. The molecule has 0 spiro atoms. The Labute approximate surface area is 157 Å². The van der Waals surface area contributed by atoms with Crippen molar-refractivity contribution in [3.8, 4) is 11.4 Å². The molecule has 0 atom stereocenters. The molecule has 0 saturated carbocycles. The first-order valence-corrected chi connectivity index (χ1v) is 8.19. The highest BCUT2D eigenvalue weighted by molar-refractivity contribution is 6.36. The number of aromatic nitrogens is 2. The highest BCUT2D eigenvalue weighted by Crippen LogP contribution is 2.25. The summed E-state index contributed by atoms with van der Waals surface area (Å²) in [6.07, 6.45) is 1.21. The lowest BCUT2D eigenvalue weighted by molar-refractivity contribution is 0.102. The molecule has 3 aromatic rings. The van der Waals surface area contributed by atoms with E-state index in [1.54, 1.807) is 36.4 Å². The molecule has 0 fully saturated rings. The second-order valence-corrected chi connectivity index (χ2v) is 6.34. The van der Waals surface area contributed by atoms with E-state index in [1.165, 1.54) is 12.3 Å². The average molecular weight is 395 g/mol. The molecule has 8 heteroatoms. The zero-order valence-electron chi connectivity index (χ0n) is 12.5. The van der Waals surface area contributed by atoms with Crippen LogP contribution in [0.15, 0.2) is 53.5 Å². The summed E-state index contributed by atoms with van der Waals surface area (Å²) in [5.41, 5.74) is 0.317. The third-order valence-electron chi connectivity index (χ3n) is 3.34. The fraction of sp³-hybridized carbons (Fsp3) is 0. The summed E-state index contributed by atoms with van der Waals surface area (Å²) in [5, 5.41) is 3.83. The number of amides is 1. The van der Waals surface area contributed by atoms with Gasteiger partial charge in [-0.25, -0.2) is 4.98 Å². The lowest BCUT2D eigenvalue weighted by Crippen LogP contribution is -2.24. The molecule has 1 heterocycles. The molecule has 0 aliphatic rings. The lowest BCUT2D eigenvalue weighted by Gasteiger charge is -2.07. The molecule has 3 rings (SSSR count). The molecule has 2 aromatic carbocycles. The van der Waals surface area contributed by atoms with Gasteiger partial charge in [0.15, 0.2) is 0 Å². The highest BCUT2D eigenvalue weighted by atomic mass is 35.5. The summed E-state index contributed by atoms with van der Waals surface area (Å²) < 4.78 is 0. The minimum absolute atomic E-state index is 0.135. The quantitative estimate of drug-likeness (QED) is 0.679. The van der Waals surface area contributed by atoms with Gasteiger partial charge in [0.25, 0.3) is 11.5 Å². The van der Waals surface area contributed by atoms with Gasteiger partial charge in [-0.15, -0.1) is 0 Å². The average Bonchev–Trinajstić information content (AvgIpc) is 2.58. The Kier molecular flexibility index (Phi) is 5.08. The first kappa shape index (κ1) is 17.5. The zero-order chi connectivity index (χ0) is 18.0. The Morgan fingerprint density at radius 3 is 2.32 bits per heavy atom. The first-order valence-electron chi connectivity index (χ1n) is 7.06. The van der Waals surface area contributed by atoms with Crippen LogP contribution < -0.4 is 10.9 Å². The summed E-state index contributed by atoms with van der Waals surface area (Å²) >= 11 is 17.7. The molecule has 0 unspecified atom stereocenters. The minimum atomic E-state index is -0.624. The normalized spacial score (nSPS) is 10.5. The SMILES string of the molecule is O=C(Nc1ccc(Cl)cc1Cl)c1cnc(-c2ccc(Cl)cc2)[nH]c1=O. The van der Waals surface area contributed by atoms with Crippen molar-refractivity contribution in [1.29, 1.82) is 0 Å². The minimum Gasteiger partial charge on any atom is -0.320 e. The molecule has 0 aliphatic heterocycles. The molecule has 0 bridgehead atoms. The van der Waals surface area contributed by atoms with Gasteiger partial charge in [0.05, 0.1) is 10.7 Å². The number of hydrogen-bond acceptors (Lipinski definition) is 3. The molecule has 5 nitrogen and oxygen atoms in total. The van der Waals surface area contributed by atoms with E-state index in [-0.39, 0.29) is 10.6 Å². The Morgan fingerprint density at radius 2 is 1.68 bits per heavy atom.